The van der Waals surface area contributed by atoms with Gasteiger partial charge in [0, 0.05) is 36.8 Å². The number of amides is 1. The Labute approximate surface area is 157 Å². The highest BCUT2D eigenvalue weighted by atomic mass is 35.5. The van der Waals surface area contributed by atoms with Crippen molar-refractivity contribution in [1.29, 1.82) is 0 Å². The van der Waals surface area contributed by atoms with E-state index in [-0.39, 0.29) is 0 Å². The van der Waals surface area contributed by atoms with Gasteiger partial charge in [0.15, 0.2) is 0 Å². The van der Waals surface area contributed by atoms with Crippen LogP contribution in [0.25, 0.3) is 0 Å². The van der Waals surface area contributed by atoms with E-state index in [1.54, 1.807) is 24.3 Å². The normalized spacial score (nSPS) is 14.8. The van der Waals surface area contributed by atoms with E-state index in [2.05, 4.69) is 22.3 Å². The predicted molar refractivity (Wildman–Crippen MR) is 100 cm³/mol. The summed E-state index contributed by atoms with van der Waals surface area (Å²) in [5.41, 5.74) is 2.50. The first-order valence-electron chi connectivity index (χ1n) is 8.58. The van der Waals surface area contributed by atoms with Crippen molar-refractivity contribution in [3.8, 4) is 0 Å². The molecule has 6 heteroatoms. The molecule has 1 aliphatic rings. The maximum absolute atomic E-state index is 12.1. The van der Waals surface area contributed by atoms with Gasteiger partial charge in [-0.25, -0.2) is 0 Å². The van der Waals surface area contributed by atoms with Crippen molar-refractivity contribution < 1.29 is 14.3 Å². The van der Waals surface area contributed by atoms with Crippen molar-refractivity contribution >= 4 is 23.3 Å². The fourth-order valence-electron chi connectivity index (χ4n) is 2.77. The zero-order valence-corrected chi connectivity index (χ0v) is 15.2. The Hall–Kier alpha value is -2.21. The molecular weight excluding hydrogens is 352 g/mol. The highest BCUT2D eigenvalue weighted by molar-refractivity contribution is 6.43. The minimum absolute atomic E-state index is 0.315. The number of carbonyl (C=O) groups is 2. The molecule has 5 nitrogen and oxygen atoms in total. The molecule has 1 saturated heterocycles. The minimum atomic E-state index is -0.621. The predicted octanol–water partition coefficient (Wildman–Crippen LogP) is 2.67. The van der Waals surface area contributed by atoms with Crippen LogP contribution in [0.1, 0.15) is 21.5 Å². The fourth-order valence-corrected chi connectivity index (χ4v) is 2.90. The Morgan fingerprint density at radius 2 is 1.58 bits per heavy atom. The number of nitrogens with one attached hydrogen (secondary N) is 1. The average molecular weight is 373 g/mol. The van der Waals surface area contributed by atoms with Gasteiger partial charge >= 0.3 is 0 Å². The van der Waals surface area contributed by atoms with Crippen molar-refractivity contribution in [3.05, 3.63) is 70.2 Å². The Balaban J connectivity index is 1.50. The molecule has 0 saturated carbocycles. The number of nitrogens with zero attached hydrogens (tertiary/aromatic N) is 1. The van der Waals surface area contributed by atoms with E-state index in [4.69, 9.17) is 16.3 Å². The summed E-state index contributed by atoms with van der Waals surface area (Å²) in [6, 6.07) is 14.3. The molecule has 1 aliphatic heterocycles. The van der Waals surface area contributed by atoms with Gasteiger partial charge in [0.25, 0.3) is 5.91 Å². The third kappa shape index (κ3) is 5.14. The van der Waals surface area contributed by atoms with Gasteiger partial charge in [-0.3, -0.25) is 14.5 Å². The van der Waals surface area contributed by atoms with E-state index >= 15 is 0 Å². The largest absolute Gasteiger partial charge is 0.379 e. The summed E-state index contributed by atoms with van der Waals surface area (Å²) in [4.78, 5) is 26.5. The number of ketones is 1. The number of ether oxygens (including phenoxy) is 1. The van der Waals surface area contributed by atoms with Gasteiger partial charge in [0.2, 0.25) is 5.78 Å². The maximum Gasteiger partial charge on any atom is 0.292 e. The van der Waals surface area contributed by atoms with Gasteiger partial charge in [-0.05, 0) is 35.4 Å². The topological polar surface area (TPSA) is 58.6 Å². The summed E-state index contributed by atoms with van der Waals surface area (Å²) in [6.45, 7) is 4.67. The molecule has 0 atom stereocenters. The molecule has 1 N–H and O–H groups in total. The van der Waals surface area contributed by atoms with Crippen molar-refractivity contribution in [2.75, 3.05) is 26.3 Å². The molecule has 3 rings (SSSR count). The molecule has 0 radical (unpaired) electrons. The number of carbonyl (C=O) groups excluding carboxylic acids is 2. The summed E-state index contributed by atoms with van der Waals surface area (Å²) in [5, 5.41) is 3.19. The minimum Gasteiger partial charge on any atom is -0.379 e. The molecule has 1 fully saturated rings. The van der Waals surface area contributed by atoms with Gasteiger partial charge in [-0.1, -0.05) is 35.9 Å². The zero-order valence-electron chi connectivity index (χ0n) is 14.4. The highest BCUT2D eigenvalue weighted by Crippen LogP contribution is 2.11. The van der Waals surface area contributed by atoms with E-state index in [9.17, 15) is 9.59 Å². The SMILES string of the molecule is O=C(NCc1ccc(CN2CCOCC2)cc1)C(=O)c1ccc(Cl)cc1. The first-order valence-corrected chi connectivity index (χ1v) is 8.95. The van der Waals surface area contributed by atoms with E-state index in [0.717, 1.165) is 38.4 Å². The standard InChI is InChI=1S/C20H21ClN2O3/c21-18-7-5-17(6-8-18)19(24)20(25)22-13-15-1-3-16(4-2-15)14-23-9-11-26-12-10-23/h1-8H,9-14H2,(H,22,25). The molecule has 0 aromatic heterocycles. The number of benzene rings is 2. The van der Waals surface area contributed by atoms with E-state index in [1.807, 2.05) is 12.1 Å². The van der Waals surface area contributed by atoms with E-state index in [1.165, 1.54) is 5.56 Å². The zero-order chi connectivity index (χ0) is 18.4. The van der Waals surface area contributed by atoms with Gasteiger partial charge < -0.3 is 10.1 Å². The molecule has 0 aliphatic carbocycles. The molecule has 0 unspecified atom stereocenters. The van der Waals surface area contributed by atoms with Gasteiger partial charge in [0.05, 0.1) is 13.2 Å². The first-order chi connectivity index (χ1) is 12.6. The lowest BCUT2D eigenvalue weighted by atomic mass is 10.1. The average Bonchev–Trinajstić information content (AvgIpc) is 2.68. The molecular formula is C20H21ClN2O3. The number of rotatable bonds is 6. The van der Waals surface area contributed by atoms with Crippen LogP contribution in [0.5, 0.6) is 0 Å². The van der Waals surface area contributed by atoms with Crippen molar-refractivity contribution in [2.45, 2.75) is 13.1 Å². The van der Waals surface area contributed by atoms with Gasteiger partial charge in [-0.2, -0.15) is 0 Å². The number of halogens is 1. The Morgan fingerprint density at radius 1 is 0.962 bits per heavy atom. The molecule has 2 aromatic carbocycles. The molecule has 26 heavy (non-hydrogen) atoms. The first kappa shape index (κ1) is 18.6. The summed E-state index contributed by atoms with van der Waals surface area (Å²) in [6.07, 6.45) is 0. The monoisotopic (exact) mass is 372 g/mol. The fraction of sp³-hybridized carbons (Fsp3) is 0.300. The smallest absolute Gasteiger partial charge is 0.292 e. The van der Waals surface area contributed by atoms with E-state index < -0.39 is 11.7 Å². The third-order valence-corrected chi connectivity index (χ3v) is 4.55. The van der Waals surface area contributed by atoms with Crippen molar-refractivity contribution in [1.82, 2.24) is 10.2 Å². The number of hydrogen-bond acceptors (Lipinski definition) is 4. The molecule has 0 spiro atoms. The van der Waals surface area contributed by atoms with Crippen LogP contribution in [-0.4, -0.2) is 42.9 Å². The summed E-state index contributed by atoms with van der Waals surface area (Å²) >= 11 is 5.79. The third-order valence-electron chi connectivity index (χ3n) is 4.30. The van der Waals surface area contributed by atoms with Crippen LogP contribution in [0.2, 0.25) is 5.02 Å². The number of hydrogen-bond donors (Lipinski definition) is 1. The molecule has 0 bridgehead atoms. The summed E-state index contributed by atoms with van der Waals surface area (Å²) in [5.74, 6) is -1.18. The number of Topliss-reactive ketones (excluding diaryl/α,β-unsaturated/α-hetero) is 1. The van der Waals surface area contributed by atoms with Crippen LogP contribution in [0, 0.1) is 0 Å². The molecule has 136 valence electrons. The summed E-state index contributed by atoms with van der Waals surface area (Å²) < 4.78 is 5.35. The maximum atomic E-state index is 12.1. The van der Waals surface area contributed by atoms with E-state index in [0.29, 0.717) is 17.1 Å². The van der Waals surface area contributed by atoms with Crippen LogP contribution in [-0.2, 0) is 22.6 Å². The lowest BCUT2D eigenvalue weighted by Gasteiger charge is -2.26. The van der Waals surface area contributed by atoms with Crippen LogP contribution in [0.3, 0.4) is 0 Å². The quantitative estimate of drug-likeness (QED) is 0.625. The molecule has 2 aromatic rings. The lowest BCUT2D eigenvalue weighted by molar-refractivity contribution is -0.117. The van der Waals surface area contributed by atoms with Crippen molar-refractivity contribution in [3.63, 3.8) is 0 Å². The number of morpholine rings is 1. The highest BCUT2D eigenvalue weighted by Gasteiger charge is 2.15. The lowest BCUT2D eigenvalue weighted by Crippen LogP contribution is -2.35. The second kappa shape index (κ2) is 8.94. The van der Waals surface area contributed by atoms with Crippen molar-refractivity contribution in [2.24, 2.45) is 0 Å². The molecule has 1 heterocycles. The Morgan fingerprint density at radius 3 is 2.23 bits per heavy atom. The Kier molecular flexibility index (Phi) is 6.39. The van der Waals surface area contributed by atoms with Crippen LogP contribution in [0.15, 0.2) is 48.5 Å². The second-order valence-electron chi connectivity index (χ2n) is 6.22. The molecule has 1 amide bonds. The van der Waals surface area contributed by atoms with Gasteiger partial charge in [-0.15, -0.1) is 0 Å². The summed E-state index contributed by atoms with van der Waals surface area (Å²) in [7, 11) is 0. The van der Waals surface area contributed by atoms with Crippen LogP contribution in [0.4, 0.5) is 0 Å². The van der Waals surface area contributed by atoms with Crippen LogP contribution < -0.4 is 5.32 Å². The van der Waals surface area contributed by atoms with Gasteiger partial charge in [0.1, 0.15) is 0 Å². The second-order valence-corrected chi connectivity index (χ2v) is 6.66. The van der Waals surface area contributed by atoms with Crippen LogP contribution >= 0.6 is 11.6 Å². The Bertz CT molecular complexity index is 754.